The molecule has 1 aromatic carbocycles. The van der Waals surface area contributed by atoms with E-state index in [-0.39, 0.29) is 18.2 Å². The van der Waals surface area contributed by atoms with Gasteiger partial charge >= 0.3 is 0 Å². The fraction of sp³-hybridized carbons (Fsp3) is 0.200. The number of hydrogen-bond acceptors (Lipinski definition) is 4. The highest BCUT2D eigenvalue weighted by Gasteiger charge is 2.11. The molecule has 0 spiro atoms. The standard InChI is InChI=1S/C15H14N2O3/c1-2-12-10-11(4-3-8-18)5-6-13(12)16-15(19)14-7-9-20-17-14/h5-7,9-10,18H,2,8H2,1H3,(H,16,19). The third kappa shape index (κ3) is 3.25. The van der Waals surface area contributed by atoms with Gasteiger partial charge in [0.1, 0.15) is 12.9 Å². The average molecular weight is 270 g/mol. The zero-order valence-corrected chi connectivity index (χ0v) is 11.0. The summed E-state index contributed by atoms with van der Waals surface area (Å²) in [4.78, 5) is 11.9. The van der Waals surface area contributed by atoms with E-state index in [4.69, 9.17) is 5.11 Å². The number of benzene rings is 1. The van der Waals surface area contributed by atoms with Gasteiger partial charge in [-0.05, 0) is 30.2 Å². The highest BCUT2D eigenvalue weighted by molar-refractivity contribution is 6.03. The monoisotopic (exact) mass is 270 g/mol. The van der Waals surface area contributed by atoms with E-state index in [1.54, 1.807) is 12.1 Å². The van der Waals surface area contributed by atoms with Crippen molar-refractivity contribution in [2.24, 2.45) is 0 Å². The maximum Gasteiger partial charge on any atom is 0.277 e. The van der Waals surface area contributed by atoms with E-state index in [0.29, 0.717) is 0 Å². The lowest BCUT2D eigenvalue weighted by molar-refractivity contribution is 0.101. The Hall–Kier alpha value is -2.58. The van der Waals surface area contributed by atoms with Gasteiger partial charge in [0.2, 0.25) is 0 Å². The van der Waals surface area contributed by atoms with Crippen LogP contribution in [-0.2, 0) is 6.42 Å². The summed E-state index contributed by atoms with van der Waals surface area (Å²) < 4.78 is 4.64. The predicted octanol–water partition coefficient (Wildman–Crippen LogP) is 1.83. The maximum absolute atomic E-state index is 11.9. The Bertz CT molecular complexity index is 651. The van der Waals surface area contributed by atoms with Gasteiger partial charge in [-0.25, -0.2) is 0 Å². The summed E-state index contributed by atoms with van der Waals surface area (Å²) >= 11 is 0. The van der Waals surface area contributed by atoms with Crippen LogP contribution in [0.3, 0.4) is 0 Å². The number of aromatic nitrogens is 1. The van der Waals surface area contributed by atoms with E-state index < -0.39 is 0 Å². The van der Waals surface area contributed by atoms with Crippen LogP contribution < -0.4 is 5.32 Å². The minimum absolute atomic E-state index is 0.174. The number of nitrogens with zero attached hydrogens (tertiary/aromatic N) is 1. The first kappa shape index (κ1) is 13.8. The van der Waals surface area contributed by atoms with Crippen molar-refractivity contribution in [2.75, 3.05) is 11.9 Å². The first-order chi connectivity index (χ1) is 9.74. The SMILES string of the molecule is CCc1cc(C#CCO)ccc1NC(=O)c1ccon1. The Balaban J connectivity index is 2.21. The van der Waals surface area contributed by atoms with Gasteiger partial charge < -0.3 is 14.9 Å². The van der Waals surface area contributed by atoms with Crippen LogP contribution in [0.15, 0.2) is 35.1 Å². The Morgan fingerprint density at radius 1 is 1.45 bits per heavy atom. The molecule has 0 unspecified atom stereocenters. The molecular weight excluding hydrogens is 256 g/mol. The van der Waals surface area contributed by atoms with Crippen LogP contribution in [0.4, 0.5) is 5.69 Å². The van der Waals surface area contributed by atoms with Crippen molar-refractivity contribution in [1.29, 1.82) is 0 Å². The Kier molecular flexibility index (Phi) is 4.53. The molecule has 0 bridgehead atoms. The van der Waals surface area contributed by atoms with Crippen molar-refractivity contribution in [3.63, 3.8) is 0 Å². The topological polar surface area (TPSA) is 75.4 Å². The van der Waals surface area contributed by atoms with E-state index in [9.17, 15) is 4.79 Å². The van der Waals surface area contributed by atoms with Gasteiger partial charge in [-0.3, -0.25) is 4.79 Å². The molecule has 0 aliphatic carbocycles. The molecule has 1 heterocycles. The molecule has 2 N–H and O–H groups in total. The molecule has 0 atom stereocenters. The minimum atomic E-state index is -0.317. The van der Waals surface area contributed by atoms with Crippen molar-refractivity contribution in [2.45, 2.75) is 13.3 Å². The number of aliphatic hydroxyl groups is 1. The van der Waals surface area contributed by atoms with E-state index in [1.807, 2.05) is 13.0 Å². The van der Waals surface area contributed by atoms with Crippen molar-refractivity contribution < 1.29 is 14.4 Å². The molecule has 20 heavy (non-hydrogen) atoms. The summed E-state index contributed by atoms with van der Waals surface area (Å²) in [6, 6.07) is 6.97. The summed E-state index contributed by atoms with van der Waals surface area (Å²) in [5, 5.41) is 15.1. The normalized spacial score (nSPS) is 9.70. The second-order valence-corrected chi connectivity index (χ2v) is 4.02. The molecule has 102 valence electrons. The lowest BCUT2D eigenvalue weighted by Gasteiger charge is -2.09. The molecule has 5 nitrogen and oxygen atoms in total. The summed E-state index contributed by atoms with van der Waals surface area (Å²) in [6.07, 6.45) is 2.10. The van der Waals surface area contributed by atoms with Crippen LogP contribution in [0.5, 0.6) is 0 Å². The third-order valence-corrected chi connectivity index (χ3v) is 2.72. The molecule has 0 saturated heterocycles. The molecule has 1 amide bonds. The molecule has 2 rings (SSSR count). The molecule has 0 aliphatic heterocycles. The zero-order chi connectivity index (χ0) is 14.4. The van der Waals surface area contributed by atoms with Crippen LogP contribution in [0, 0.1) is 11.8 Å². The highest BCUT2D eigenvalue weighted by atomic mass is 16.5. The molecule has 2 aromatic rings. The van der Waals surface area contributed by atoms with Gasteiger partial charge in [0, 0.05) is 17.3 Å². The van der Waals surface area contributed by atoms with Crippen LogP contribution in [0.25, 0.3) is 0 Å². The van der Waals surface area contributed by atoms with E-state index in [1.165, 1.54) is 12.3 Å². The Morgan fingerprint density at radius 3 is 2.95 bits per heavy atom. The largest absolute Gasteiger partial charge is 0.384 e. The van der Waals surface area contributed by atoms with Crippen molar-refractivity contribution in [1.82, 2.24) is 5.16 Å². The molecular formula is C15H14N2O3. The second-order valence-electron chi connectivity index (χ2n) is 4.02. The summed E-state index contributed by atoms with van der Waals surface area (Å²) in [7, 11) is 0. The van der Waals surface area contributed by atoms with Crippen LogP contribution in [0.1, 0.15) is 28.5 Å². The Morgan fingerprint density at radius 2 is 2.30 bits per heavy atom. The third-order valence-electron chi connectivity index (χ3n) is 2.72. The molecule has 0 fully saturated rings. The van der Waals surface area contributed by atoms with Gasteiger partial charge in [0.15, 0.2) is 5.69 Å². The number of nitrogens with one attached hydrogen (secondary N) is 1. The molecule has 0 radical (unpaired) electrons. The van der Waals surface area contributed by atoms with Gasteiger partial charge in [-0.15, -0.1) is 0 Å². The molecule has 5 heteroatoms. The number of amides is 1. The highest BCUT2D eigenvalue weighted by Crippen LogP contribution is 2.18. The average Bonchev–Trinajstić information content (AvgIpc) is 3.00. The van der Waals surface area contributed by atoms with Crippen LogP contribution >= 0.6 is 0 Å². The first-order valence-electron chi connectivity index (χ1n) is 6.19. The Labute approximate surface area is 116 Å². The fourth-order valence-corrected chi connectivity index (χ4v) is 1.74. The van der Waals surface area contributed by atoms with Crippen molar-refractivity contribution >= 4 is 11.6 Å². The molecule has 1 aromatic heterocycles. The van der Waals surface area contributed by atoms with Gasteiger partial charge in [0.05, 0.1) is 0 Å². The molecule has 0 aliphatic rings. The first-order valence-corrected chi connectivity index (χ1v) is 6.19. The second kappa shape index (κ2) is 6.55. The number of aliphatic hydroxyl groups excluding tert-OH is 1. The van der Waals surface area contributed by atoms with E-state index in [2.05, 4.69) is 26.8 Å². The minimum Gasteiger partial charge on any atom is -0.384 e. The van der Waals surface area contributed by atoms with Crippen LogP contribution in [0.2, 0.25) is 0 Å². The summed E-state index contributed by atoms with van der Waals surface area (Å²) in [5.41, 5.74) is 2.72. The maximum atomic E-state index is 11.9. The quantitative estimate of drug-likeness (QED) is 0.834. The number of aryl methyl sites for hydroxylation is 1. The number of anilines is 1. The van der Waals surface area contributed by atoms with Gasteiger partial charge in [0.25, 0.3) is 5.91 Å². The van der Waals surface area contributed by atoms with Gasteiger partial charge in [-0.1, -0.05) is 23.9 Å². The summed E-state index contributed by atoms with van der Waals surface area (Å²) in [5.74, 6) is 5.11. The van der Waals surface area contributed by atoms with Crippen molar-refractivity contribution in [3.8, 4) is 11.8 Å². The predicted molar refractivity (Wildman–Crippen MR) is 74.2 cm³/mol. The van der Waals surface area contributed by atoms with Crippen LogP contribution in [-0.4, -0.2) is 22.8 Å². The fourth-order valence-electron chi connectivity index (χ4n) is 1.74. The lowest BCUT2D eigenvalue weighted by Crippen LogP contribution is -2.13. The number of carbonyl (C=O) groups is 1. The zero-order valence-electron chi connectivity index (χ0n) is 11.0. The summed E-state index contributed by atoms with van der Waals surface area (Å²) in [6.45, 7) is 1.82. The van der Waals surface area contributed by atoms with E-state index in [0.717, 1.165) is 23.2 Å². The van der Waals surface area contributed by atoms with Crippen molar-refractivity contribution in [3.05, 3.63) is 47.3 Å². The number of rotatable bonds is 3. The lowest BCUT2D eigenvalue weighted by atomic mass is 10.1. The van der Waals surface area contributed by atoms with Gasteiger partial charge in [-0.2, -0.15) is 0 Å². The number of carbonyl (C=O) groups excluding carboxylic acids is 1. The molecule has 0 saturated carbocycles. The number of hydrogen-bond donors (Lipinski definition) is 2. The smallest absolute Gasteiger partial charge is 0.277 e. The van der Waals surface area contributed by atoms with E-state index >= 15 is 0 Å².